The van der Waals surface area contributed by atoms with Gasteiger partial charge in [-0.2, -0.15) is 36.9 Å². The highest BCUT2D eigenvalue weighted by atomic mass is 19.4. The third-order valence-electron chi connectivity index (χ3n) is 10.3. The number of hydrogen-bond donors (Lipinski definition) is 0. The molecule has 9 aromatic rings. The SMILES string of the molecule is N#Cc1cccc(-c2cc(-c3nc(-c4ccccc4)nc(-c4ccccc4)n3)cc(-c3cccc(C#N)c3)c2-n2c3ccc(C(F)(F)F)cc3c3cc(C(F)(F)F)ccc32)c1. The first-order chi connectivity index (χ1) is 29.4. The molecule has 0 amide bonds. The van der Waals surface area contributed by atoms with E-state index in [-0.39, 0.29) is 27.6 Å². The fraction of sp³-hybridized carbons (Fsp3) is 0.0408. The van der Waals surface area contributed by atoms with Gasteiger partial charge in [0.05, 0.1) is 51.1 Å². The monoisotopic (exact) mass is 812 g/mol. The van der Waals surface area contributed by atoms with Crippen LogP contribution in [0.2, 0.25) is 0 Å². The van der Waals surface area contributed by atoms with Gasteiger partial charge in [-0.1, -0.05) is 84.9 Å². The molecule has 0 unspecified atom stereocenters. The number of nitrogens with zero attached hydrogens (tertiary/aromatic N) is 6. The van der Waals surface area contributed by atoms with Gasteiger partial charge in [-0.25, -0.2) is 15.0 Å². The molecule has 294 valence electrons. The molecular weight excluding hydrogens is 787 g/mol. The van der Waals surface area contributed by atoms with E-state index in [1.807, 2.05) is 60.7 Å². The van der Waals surface area contributed by atoms with Crippen molar-refractivity contribution in [3.8, 4) is 74.2 Å². The normalized spacial score (nSPS) is 11.7. The topological polar surface area (TPSA) is 91.2 Å². The van der Waals surface area contributed by atoms with Crippen molar-refractivity contribution in [2.75, 3.05) is 0 Å². The van der Waals surface area contributed by atoms with Crippen LogP contribution in [0.15, 0.2) is 158 Å². The van der Waals surface area contributed by atoms with Gasteiger partial charge in [0.2, 0.25) is 0 Å². The minimum Gasteiger partial charge on any atom is -0.308 e. The molecule has 0 radical (unpaired) electrons. The Balaban J connectivity index is 1.45. The summed E-state index contributed by atoms with van der Waals surface area (Å²) < 4.78 is 87.1. The van der Waals surface area contributed by atoms with E-state index in [9.17, 15) is 36.9 Å². The fourth-order valence-corrected chi connectivity index (χ4v) is 7.51. The maximum Gasteiger partial charge on any atom is 0.416 e. The van der Waals surface area contributed by atoms with Crippen LogP contribution in [0.4, 0.5) is 26.3 Å². The maximum absolute atomic E-state index is 14.3. The quantitative estimate of drug-likeness (QED) is 0.156. The molecule has 0 aliphatic heterocycles. The lowest BCUT2D eigenvalue weighted by Crippen LogP contribution is -2.06. The van der Waals surface area contributed by atoms with Crippen molar-refractivity contribution in [3.63, 3.8) is 0 Å². The standard InChI is InChI=1S/C49H26F6N6/c50-48(51,52)36-17-19-42-40(25-36)41-26-37(49(53,54)55)18-20-43(41)61(42)44-38(33-15-7-9-29(21-33)27-56)23-35(24-39(44)34-16-8-10-30(22-34)28-57)47-59-45(31-11-3-1-4-12-31)58-46(60-47)32-13-5-2-6-14-32/h1-26H. The van der Waals surface area contributed by atoms with Gasteiger partial charge in [-0.15, -0.1) is 0 Å². The summed E-state index contributed by atoms with van der Waals surface area (Å²) in [5.74, 6) is 0.998. The second kappa shape index (κ2) is 14.9. The first-order valence-electron chi connectivity index (χ1n) is 18.7. The van der Waals surface area contributed by atoms with E-state index in [1.54, 1.807) is 65.2 Å². The van der Waals surface area contributed by atoms with Crippen molar-refractivity contribution in [1.82, 2.24) is 19.5 Å². The Morgan fingerprint density at radius 1 is 0.410 bits per heavy atom. The average Bonchev–Trinajstić information content (AvgIpc) is 3.61. The third kappa shape index (κ3) is 7.21. The van der Waals surface area contributed by atoms with Gasteiger partial charge >= 0.3 is 12.4 Å². The molecule has 0 bridgehead atoms. The van der Waals surface area contributed by atoms with E-state index in [1.165, 1.54) is 12.1 Å². The Kier molecular flexibility index (Phi) is 9.41. The molecule has 0 spiro atoms. The van der Waals surface area contributed by atoms with Gasteiger partial charge in [0.25, 0.3) is 0 Å². The van der Waals surface area contributed by atoms with Crippen LogP contribution in [-0.2, 0) is 12.4 Å². The number of aromatic nitrogens is 4. The molecular formula is C49H26F6N6. The van der Waals surface area contributed by atoms with Crippen molar-refractivity contribution in [1.29, 1.82) is 10.5 Å². The van der Waals surface area contributed by atoms with Crippen LogP contribution < -0.4 is 0 Å². The van der Waals surface area contributed by atoms with Gasteiger partial charge in [0.1, 0.15) is 0 Å². The van der Waals surface area contributed by atoms with Gasteiger partial charge in [0.15, 0.2) is 17.5 Å². The van der Waals surface area contributed by atoms with Gasteiger partial charge in [-0.3, -0.25) is 0 Å². The minimum absolute atomic E-state index is 0.0640. The summed E-state index contributed by atoms with van der Waals surface area (Å²) in [4.78, 5) is 14.7. The molecule has 0 saturated heterocycles. The molecule has 2 aromatic heterocycles. The van der Waals surface area contributed by atoms with E-state index in [0.717, 1.165) is 24.3 Å². The number of halogens is 6. The van der Waals surface area contributed by atoms with Crippen molar-refractivity contribution in [2.24, 2.45) is 0 Å². The highest BCUT2D eigenvalue weighted by molar-refractivity contribution is 6.11. The molecule has 0 fully saturated rings. The van der Waals surface area contributed by atoms with Crippen molar-refractivity contribution < 1.29 is 26.3 Å². The molecule has 0 atom stereocenters. The second-order valence-electron chi connectivity index (χ2n) is 14.1. The lowest BCUT2D eigenvalue weighted by Gasteiger charge is -2.21. The molecule has 0 aliphatic rings. The van der Waals surface area contributed by atoms with Crippen molar-refractivity contribution in [2.45, 2.75) is 12.4 Å². The molecule has 61 heavy (non-hydrogen) atoms. The summed E-state index contributed by atoms with van der Waals surface area (Å²) >= 11 is 0. The number of alkyl halides is 6. The molecule has 6 nitrogen and oxygen atoms in total. The number of rotatable bonds is 6. The predicted octanol–water partition coefficient (Wildman–Crippen LogP) is 13.1. The van der Waals surface area contributed by atoms with E-state index in [0.29, 0.717) is 67.4 Å². The molecule has 9 rings (SSSR count). The largest absolute Gasteiger partial charge is 0.416 e. The summed E-state index contributed by atoms with van der Waals surface area (Å²) in [6.45, 7) is 0. The Morgan fingerprint density at radius 2 is 0.803 bits per heavy atom. The summed E-state index contributed by atoms with van der Waals surface area (Å²) in [5, 5.41) is 19.9. The lowest BCUT2D eigenvalue weighted by atomic mass is 9.91. The Hall–Kier alpha value is -8.09. The average molecular weight is 813 g/mol. The van der Waals surface area contributed by atoms with Crippen LogP contribution in [-0.4, -0.2) is 19.5 Å². The summed E-state index contributed by atoms with van der Waals surface area (Å²) in [6.07, 6.45) is -9.58. The van der Waals surface area contributed by atoms with Gasteiger partial charge in [0, 0.05) is 38.6 Å². The predicted molar refractivity (Wildman–Crippen MR) is 221 cm³/mol. The summed E-state index contributed by atoms with van der Waals surface area (Å²) in [7, 11) is 0. The molecule has 12 heteroatoms. The van der Waals surface area contributed by atoms with Gasteiger partial charge < -0.3 is 4.57 Å². The van der Waals surface area contributed by atoms with E-state index >= 15 is 0 Å². The van der Waals surface area contributed by atoms with Gasteiger partial charge in [-0.05, 0) is 83.9 Å². The maximum atomic E-state index is 14.3. The van der Waals surface area contributed by atoms with Crippen LogP contribution in [0.3, 0.4) is 0 Å². The highest BCUT2D eigenvalue weighted by Gasteiger charge is 2.34. The number of benzene rings is 7. The van der Waals surface area contributed by atoms with Crippen LogP contribution in [0.25, 0.3) is 83.9 Å². The van der Waals surface area contributed by atoms with E-state index < -0.39 is 23.5 Å². The highest BCUT2D eigenvalue weighted by Crippen LogP contribution is 2.46. The zero-order chi connectivity index (χ0) is 42.5. The van der Waals surface area contributed by atoms with Crippen LogP contribution >= 0.6 is 0 Å². The number of hydrogen-bond acceptors (Lipinski definition) is 5. The van der Waals surface area contributed by atoms with Crippen LogP contribution in [0.1, 0.15) is 22.3 Å². The number of fused-ring (bicyclic) bond motifs is 3. The van der Waals surface area contributed by atoms with Crippen LogP contribution in [0, 0.1) is 22.7 Å². The Morgan fingerprint density at radius 3 is 1.20 bits per heavy atom. The molecule has 7 aromatic carbocycles. The van der Waals surface area contributed by atoms with Crippen molar-refractivity contribution >= 4 is 21.8 Å². The molecule has 0 aliphatic carbocycles. The summed E-state index contributed by atoms with van der Waals surface area (Å²) in [6, 6.07) is 45.9. The summed E-state index contributed by atoms with van der Waals surface area (Å²) in [5.41, 5.74) is 3.03. The molecule has 0 saturated carbocycles. The third-order valence-corrected chi connectivity index (χ3v) is 10.3. The Bertz CT molecular complexity index is 3040. The fourth-order valence-electron chi connectivity index (χ4n) is 7.51. The first kappa shape index (κ1) is 38.4. The Labute approximate surface area is 343 Å². The molecule has 2 heterocycles. The van der Waals surface area contributed by atoms with E-state index in [4.69, 9.17) is 15.0 Å². The number of nitriles is 2. The van der Waals surface area contributed by atoms with Crippen LogP contribution in [0.5, 0.6) is 0 Å². The lowest BCUT2D eigenvalue weighted by molar-refractivity contribution is -0.138. The molecule has 0 N–H and O–H groups in total. The zero-order valence-corrected chi connectivity index (χ0v) is 31.5. The van der Waals surface area contributed by atoms with Crippen molar-refractivity contribution in [3.05, 3.63) is 180 Å². The first-order valence-corrected chi connectivity index (χ1v) is 18.7. The minimum atomic E-state index is -4.79. The zero-order valence-electron chi connectivity index (χ0n) is 31.5. The van der Waals surface area contributed by atoms with E-state index in [2.05, 4.69) is 12.1 Å². The smallest absolute Gasteiger partial charge is 0.308 e. The second-order valence-corrected chi connectivity index (χ2v) is 14.1.